The summed E-state index contributed by atoms with van der Waals surface area (Å²) in [6.45, 7) is 0. The van der Waals surface area contributed by atoms with E-state index in [-0.39, 0.29) is 6.04 Å². The van der Waals surface area contributed by atoms with E-state index in [4.69, 9.17) is 10.2 Å². The quantitative estimate of drug-likeness (QED) is 0.925. The molecule has 15 heavy (non-hydrogen) atoms. The fraction of sp³-hybridized carbons (Fsp3) is 0.167. The Morgan fingerprint density at radius 1 is 1.20 bits per heavy atom. The van der Waals surface area contributed by atoms with Crippen molar-refractivity contribution >= 4 is 15.9 Å². The summed E-state index contributed by atoms with van der Waals surface area (Å²) in [5.74, 6) is 0.804. The fourth-order valence-corrected chi connectivity index (χ4v) is 2.03. The van der Waals surface area contributed by atoms with E-state index in [0.29, 0.717) is 0 Å². The average molecular weight is 266 g/mol. The molecule has 78 valence electrons. The Labute approximate surface area is 97.2 Å². The molecule has 0 radical (unpaired) electrons. The van der Waals surface area contributed by atoms with Crippen molar-refractivity contribution < 1.29 is 4.42 Å². The van der Waals surface area contributed by atoms with Crippen LogP contribution in [0.2, 0.25) is 0 Å². The summed E-state index contributed by atoms with van der Waals surface area (Å²) in [4.78, 5) is 0. The molecule has 2 aromatic rings. The smallest absolute Gasteiger partial charge is 0.134 e. The van der Waals surface area contributed by atoms with Gasteiger partial charge in [0, 0.05) is 0 Å². The van der Waals surface area contributed by atoms with E-state index in [1.54, 1.807) is 6.26 Å². The van der Waals surface area contributed by atoms with Crippen molar-refractivity contribution in [3.05, 3.63) is 58.5 Å². The second-order valence-electron chi connectivity index (χ2n) is 3.43. The number of furan rings is 1. The molecule has 0 aliphatic rings. The highest BCUT2D eigenvalue weighted by Gasteiger charge is 2.13. The van der Waals surface area contributed by atoms with E-state index in [1.807, 2.05) is 24.3 Å². The van der Waals surface area contributed by atoms with Gasteiger partial charge < -0.3 is 10.2 Å². The van der Waals surface area contributed by atoms with Crippen molar-refractivity contribution in [2.45, 2.75) is 12.5 Å². The number of nitrogens with two attached hydrogens (primary N) is 1. The van der Waals surface area contributed by atoms with Crippen LogP contribution in [-0.2, 0) is 6.42 Å². The molecular weight excluding hydrogens is 254 g/mol. The van der Waals surface area contributed by atoms with E-state index in [1.165, 1.54) is 5.56 Å². The molecule has 1 aromatic heterocycles. The molecule has 0 aliphatic carbocycles. The molecule has 0 spiro atoms. The molecule has 2 nitrogen and oxygen atoms in total. The van der Waals surface area contributed by atoms with E-state index >= 15 is 0 Å². The maximum Gasteiger partial charge on any atom is 0.134 e. The number of rotatable bonds is 3. The lowest BCUT2D eigenvalue weighted by molar-refractivity contribution is 0.462. The van der Waals surface area contributed by atoms with Crippen molar-refractivity contribution in [3.8, 4) is 0 Å². The molecule has 1 unspecified atom stereocenters. The normalized spacial score (nSPS) is 12.7. The van der Waals surface area contributed by atoms with Crippen LogP contribution in [-0.4, -0.2) is 0 Å². The molecule has 0 amide bonds. The van der Waals surface area contributed by atoms with Gasteiger partial charge in [-0.05, 0) is 34.0 Å². The second-order valence-corrected chi connectivity index (χ2v) is 4.28. The summed E-state index contributed by atoms with van der Waals surface area (Å²) in [5.41, 5.74) is 7.26. The minimum absolute atomic E-state index is 0.100. The van der Waals surface area contributed by atoms with Gasteiger partial charge in [-0.15, -0.1) is 0 Å². The molecule has 0 saturated heterocycles. The zero-order valence-corrected chi connectivity index (χ0v) is 9.78. The van der Waals surface area contributed by atoms with E-state index < -0.39 is 0 Å². The lowest BCUT2D eigenvalue weighted by atomic mass is 10.1. The zero-order valence-electron chi connectivity index (χ0n) is 8.19. The molecule has 0 fully saturated rings. The number of halogens is 1. The molecular formula is C12H12BrNO. The topological polar surface area (TPSA) is 39.2 Å². The van der Waals surface area contributed by atoms with Gasteiger partial charge in [-0.1, -0.05) is 30.3 Å². The van der Waals surface area contributed by atoms with Crippen molar-refractivity contribution in [2.24, 2.45) is 5.73 Å². The predicted molar refractivity (Wildman–Crippen MR) is 63.5 cm³/mol. The van der Waals surface area contributed by atoms with Gasteiger partial charge in [0.15, 0.2) is 0 Å². The molecule has 0 aliphatic heterocycles. The Bertz CT molecular complexity index is 424. The Morgan fingerprint density at radius 2 is 1.93 bits per heavy atom. The Hall–Kier alpha value is -1.06. The maximum atomic E-state index is 6.05. The van der Waals surface area contributed by atoms with Crippen LogP contribution in [0.25, 0.3) is 0 Å². The SMILES string of the molecule is NC(Cc1ccccc1)c1occc1Br. The summed E-state index contributed by atoms with van der Waals surface area (Å²) >= 11 is 3.41. The highest BCUT2D eigenvalue weighted by Crippen LogP contribution is 2.25. The summed E-state index contributed by atoms with van der Waals surface area (Å²) in [7, 11) is 0. The van der Waals surface area contributed by atoms with Gasteiger partial charge in [-0.3, -0.25) is 0 Å². The molecule has 2 rings (SSSR count). The third-order valence-corrected chi connectivity index (χ3v) is 2.94. The lowest BCUT2D eigenvalue weighted by Crippen LogP contribution is -2.12. The van der Waals surface area contributed by atoms with Crippen molar-refractivity contribution in [2.75, 3.05) is 0 Å². The van der Waals surface area contributed by atoms with Crippen LogP contribution in [0.15, 0.2) is 51.6 Å². The van der Waals surface area contributed by atoms with Gasteiger partial charge in [0.2, 0.25) is 0 Å². The molecule has 1 aromatic carbocycles. The van der Waals surface area contributed by atoms with E-state index in [0.717, 1.165) is 16.7 Å². The first-order chi connectivity index (χ1) is 7.27. The van der Waals surface area contributed by atoms with E-state index in [2.05, 4.69) is 28.1 Å². The zero-order chi connectivity index (χ0) is 10.7. The van der Waals surface area contributed by atoms with E-state index in [9.17, 15) is 0 Å². The third kappa shape index (κ3) is 2.49. The highest BCUT2D eigenvalue weighted by atomic mass is 79.9. The van der Waals surface area contributed by atoms with Gasteiger partial charge >= 0.3 is 0 Å². The van der Waals surface area contributed by atoms with Gasteiger partial charge in [-0.2, -0.15) is 0 Å². The van der Waals surface area contributed by atoms with Crippen LogP contribution >= 0.6 is 15.9 Å². The van der Waals surface area contributed by atoms with Gasteiger partial charge in [0.1, 0.15) is 5.76 Å². The summed E-state index contributed by atoms with van der Waals surface area (Å²) in [6, 6.07) is 11.9. The first-order valence-corrected chi connectivity index (χ1v) is 5.59. The Kier molecular flexibility index (Phi) is 3.23. The highest BCUT2D eigenvalue weighted by molar-refractivity contribution is 9.10. The molecule has 1 heterocycles. The first-order valence-electron chi connectivity index (χ1n) is 4.80. The summed E-state index contributed by atoms with van der Waals surface area (Å²) in [5, 5.41) is 0. The van der Waals surface area contributed by atoms with Gasteiger partial charge in [0.05, 0.1) is 16.8 Å². The Balaban J connectivity index is 2.11. The molecule has 3 heteroatoms. The largest absolute Gasteiger partial charge is 0.466 e. The summed E-state index contributed by atoms with van der Waals surface area (Å²) in [6.07, 6.45) is 2.43. The molecule has 1 atom stereocenters. The van der Waals surface area contributed by atoms with Crippen LogP contribution in [0, 0.1) is 0 Å². The van der Waals surface area contributed by atoms with Crippen LogP contribution in [0.4, 0.5) is 0 Å². The van der Waals surface area contributed by atoms with Crippen LogP contribution in [0.3, 0.4) is 0 Å². The number of hydrogen-bond donors (Lipinski definition) is 1. The third-order valence-electron chi connectivity index (χ3n) is 2.28. The minimum atomic E-state index is -0.100. The fourth-order valence-electron chi connectivity index (χ4n) is 1.53. The number of hydrogen-bond acceptors (Lipinski definition) is 2. The average Bonchev–Trinajstić information content (AvgIpc) is 2.66. The first kappa shape index (κ1) is 10.5. The van der Waals surface area contributed by atoms with Crippen LogP contribution < -0.4 is 5.73 Å². The molecule has 2 N–H and O–H groups in total. The van der Waals surface area contributed by atoms with Crippen LogP contribution in [0.1, 0.15) is 17.4 Å². The summed E-state index contributed by atoms with van der Waals surface area (Å²) < 4.78 is 6.26. The second kappa shape index (κ2) is 4.64. The number of benzene rings is 1. The van der Waals surface area contributed by atoms with Crippen molar-refractivity contribution in [3.63, 3.8) is 0 Å². The molecule has 0 bridgehead atoms. The van der Waals surface area contributed by atoms with Crippen molar-refractivity contribution in [1.82, 2.24) is 0 Å². The molecule has 0 saturated carbocycles. The lowest BCUT2D eigenvalue weighted by Gasteiger charge is -2.09. The van der Waals surface area contributed by atoms with Crippen molar-refractivity contribution in [1.29, 1.82) is 0 Å². The standard InChI is InChI=1S/C12H12BrNO/c13-10-6-7-15-12(10)11(14)8-9-4-2-1-3-5-9/h1-7,11H,8,14H2. The monoisotopic (exact) mass is 265 g/mol. The minimum Gasteiger partial charge on any atom is -0.466 e. The van der Waals surface area contributed by atoms with Gasteiger partial charge in [-0.25, -0.2) is 0 Å². The van der Waals surface area contributed by atoms with Crippen LogP contribution in [0.5, 0.6) is 0 Å². The Morgan fingerprint density at radius 3 is 2.53 bits per heavy atom. The predicted octanol–water partition coefficient (Wildman–Crippen LogP) is 3.28. The maximum absolute atomic E-state index is 6.05. The van der Waals surface area contributed by atoms with Gasteiger partial charge in [0.25, 0.3) is 0 Å².